The molecule has 4 aromatic rings. The van der Waals surface area contributed by atoms with Gasteiger partial charge in [0, 0.05) is 23.2 Å². The smallest absolute Gasteiger partial charge is 0.240 e. The van der Waals surface area contributed by atoms with E-state index in [9.17, 15) is 9.59 Å². The second kappa shape index (κ2) is 11.7. The van der Waals surface area contributed by atoms with Crippen molar-refractivity contribution in [3.63, 3.8) is 0 Å². The van der Waals surface area contributed by atoms with Gasteiger partial charge in [-0.1, -0.05) is 80.1 Å². The minimum absolute atomic E-state index is 0.0895. The van der Waals surface area contributed by atoms with Crippen molar-refractivity contribution in [2.24, 2.45) is 5.92 Å². The van der Waals surface area contributed by atoms with Crippen LogP contribution in [-0.2, 0) is 9.59 Å². The number of aromatic nitrogens is 2. The molecule has 206 valence electrons. The summed E-state index contributed by atoms with van der Waals surface area (Å²) in [5, 5.41) is 7.52. The quantitative estimate of drug-likeness (QED) is 0.293. The summed E-state index contributed by atoms with van der Waals surface area (Å²) in [4.78, 5) is 28.4. The van der Waals surface area contributed by atoms with Gasteiger partial charge in [0.2, 0.25) is 11.8 Å². The molecule has 0 saturated heterocycles. The summed E-state index contributed by atoms with van der Waals surface area (Å²) in [5.41, 5.74) is 5.56. The predicted molar refractivity (Wildman–Crippen MR) is 159 cm³/mol. The van der Waals surface area contributed by atoms with Gasteiger partial charge < -0.3 is 5.32 Å². The number of fused-ring (bicyclic) bond motifs is 1. The van der Waals surface area contributed by atoms with E-state index in [1.165, 1.54) is 22.7 Å². The number of halogens is 1. The van der Waals surface area contributed by atoms with Crippen LogP contribution in [-0.4, -0.2) is 40.4 Å². The van der Waals surface area contributed by atoms with Gasteiger partial charge in [-0.05, 0) is 37.5 Å². The number of hydrogen-bond acceptors (Lipinski definition) is 4. The molecule has 1 aliphatic heterocycles. The first-order chi connectivity index (χ1) is 19.2. The number of carbonyl (C=O) groups is 2. The predicted octanol–water partition coefficient (Wildman–Crippen LogP) is 6.24. The van der Waals surface area contributed by atoms with Gasteiger partial charge in [-0.2, -0.15) is 5.10 Å². The molecule has 40 heavy (non-hydrogen) atoms. The van der Waals surface area contributed by atoms with E-state index >= 15 is 4.39 Å². The van der Waals surface area contributed by atoms with Crippen LogP contribution >= 0.6 is 11.8 Å². The van der Waals surface area contributed by atoms with Gasteiger partial charge in [0.25, 0.3) is 0 Å². The highest BCUT2D eigenvalue weighted by Gasteiger charge is 2.38. The van der Waals surface area contributed by atoms with Gasteiger partial charge in [0.05, 0.1) is 22.4 Å². The van der Waals surface area contributed by atoms with Gasteiger partial charge in [-0.3, -0.25) is 14.5 Å². The molecule has 0 spiro atoms. The minimum Gasteiger partial charge on any atom is -0.354 e. The molecule has 2 heterocycles. The molecule has 2 amide bonds. The Morgan fingerprint density at radius 3 is 2.50 bits per heavy atom. The topological polar surface area (TPSA) is 67.2 Å². The normalized spacial score (nSPS) is 15.2. The van der Waals surface area contributed by atoms with Crippen LogP contribution in [0.1, 0.15) is 41.4 Å². The standard InChI is InChI=1S/C32H33FN4O2S/c1-20(2)17-34-27(38)18-36-28(39)19-40-31(24-12-8-9-13-25(24)33)29-30(23-10-6-5-7-11-23)35-37(32(29)36)26-15-14-21(3)16-22(26)4/h5-16,20,31H,17-19H2,1-4H3,(H,34,38)/t31-/m0/s1. The molecule has 0 aliphatic carbocycles. The van der Waals surface area contributed by atoms with Crippen molar-refractivity contribution < 1.29 is 14.0 Å². The maximum atomic E-state index is 15.4. The van der Waals surface area contributed by atoms with Gasteiger partial charge >= 0.3 is 0 Å². The molecule has 0 radical (unpaired) electrons. The highest BCUT2D eigenvalue weighted by molar-refractivity contribution is 8.00. The summed E-state index contributed by atoms with van der Waals surface area (Å²) in [7, 11) is 0. The Balaban J connectivity index is 1.80. The molecule has 5 rings (SSSR count). The summed E-state index contributed by atoms with van der Waals surface area (Å²) in [6.45, 7) is 8.41. The Kier molecular flexibility index (Phi) is 8.07. The Morgan fingerprint density at radius 2 is 1.80 bits per heavy atom. The van der Waals surface area contributed by atoms with Gasteiger partial charge in [0.15, 0.2) is 0 Å². The monoisotopic (exact) mass is 556 g/mol. The summed E-state index contributed by atoms with van der Waals surface area (Å²) >= 11 is 1.36. The van der Waals surface area contributed by atoms with Crippen LogP contribution in [0.3, 0.4) is 0 Å². The molecule has 1 aromatic heterocycles. The third kappa shape index (κ3) is 5.54. The van der Waals surface area contributed by atoms with Crippen LogP contribution in [0.4, 0.5) is 10.2 Å². The number of benzene rings is 3. The third-order valence-corrected chi connectivity index (χ3v) is 8.15. The number of aryl methyl sites for hydroxylation is 2. The average molecular weight is 557 g/mol. The number of nitrogens with zero attached hydrogens (tertiary/aromatic N) is 3. The van der Waals surface area contributed by atoms with E-state index < -0.39 is 5.25 Å². The fourth-order valence-electron chi connectivity index (χ4n) is 4.99. The molecular weight excluding hydrogens is 523 g/mol. The first kappa shape index (κ1) is 27.6. The van der Waals surface area contributed by atoms with Crippen molar-refractivity contribution >= 4 is 29.4 Å². The Bertz CT molecular complexity index is 1550. The van der Waals surface area contributed by atoms with Crippen molar-refractivity contribution in [3.05, 3.63) is 101 Å². The summed E-state index contributed by atoms with van der Waals surface area (Å²) in [5.74, 6) is 0.0262. The third-order valence-electron chi connectivity index (χ3n) is 6.91. The van der Waals surface area contributed by atoms with Gasteiger partial charge in [-0.15, -0.1) is 11.8 Å². The van der Waals surface area contributed by atoms with Gasteiger partial charge in [0.1, 0.15) is 18.2 Å². The number of carbonyl (C=O) groups excluding carboxylic acids is 2. The zero-order chi connectivity index (χ0) is 28.4. The maximum Gasteiger partial charge on any atom is 0.240 e. The lowest BCUT2D eigenvalue weighted by molar-refractivity contribution is -0.123. The Morgan fingerprint density at radius 1 is 1.07 bits per heavy atom. The molecule has 1 atom stereocenters. The molecule has 6 nitrogen and oxygen atoms in total. The fraction of sp³-hybridized carbons (Fsp3) is 0.281. The molecule has 1 aliphatic rings. The average Bonchev–Trinajstić information content (AvgIpc) is 3.25. The molecular formula is C32H33FN4O2S. The SMILES string of the molecule is Cc1ccc(-n2nc(-c3ccccc3)c3c2N(CC(=O)NCC(C)C)C(=O)CS[C@H]3c2ccccc2F)c(C)c1. The lowest BCUT2D eigenvalue weighted by atomic mass is 9.99. The van der Waals surface area contributed by atoms with E-state index in [4.69, 9.17) is 5.10 Å². The van der Waals surface area contributed by atoms with Crippen molar-refractivity contribution in [2.75, 3.05) is 23.7 Å². The molecule has 0 fully saturated rings. The van der Waals surface area contributed by atoms with E-state index in [1.54, 1.807) is 22.9 Å². The number of rotatable bonds is 7. The molecule has 1 N–H and O–H groups in total. The summed E-state index contributed by atoms with van der Waals surface area (Å²) < 4.78 is 17.1. The molecule has 8 heteroatoms. The number of amides is 2. The Hall–Kier alpha value is -3.91. The van der Waals surface area contributed by atoms with Crippen LogP contribution in [0.5, 0.6) is 0 Å². The second-order valence-corrected chi connectivity index (χ2v) is 11.6. The Labute approximate surface area is 238 Å². The second-order valence-electron chi connectivity index (χ2n) is 10.5. The van der Waals surface area contributed by atoms with Crippen LogP contribution < -0.4 is 10.2 Å². The maximum absolute atomic E-state index is 15.4. The minimum atomic E-state index is -0.515. The van der Waals surface area contributed by atoms with Crippen LogP contribution in [0.25, 0.3) is 16.9 Å². The van der Waals surface area contributed by atoms with Gasteiger partial charge in [-0.25, -0.2) is 9.07 Å². The van der Waals surface area contributed by atoms with Crippen LogP contribution in [0, 0.1) is 25.6 Å². The van der Waals surface area contributed by atoms with E-state index in [1.807, 2.05) is 70.2 Å². The van der Waals surface area contributed by atoms with Crippen molar-refractivity contribution in [1.29, 1.82) is 0 Å². The fourth-order valence-corrected chi connectivity index (χ4v) is 6.21. The summed E-state index contributed by atoms with van der Waals surface area (Å²) in [6.07, 6.45) is 0. The lowest BCUT2D eigenvalue weighted by Crippen LogP contribution is -2.43. The van der Waals surface area contributed by atoms with E-state index in [2.05, 4.69) is 11.4 Å². The zero-order valence-corrected chi connectivity index (χ0v) is 24.0. The van der Waals surface area contributed by atoms with Crippen LogP contribution in [0.15, 0.2) is 72.8 Å². The lowest BCUT2D eigenvalue weighted by Gasteiger charge is -2.24. The van der Waals surface area contributed by atoms with Crippen molar-refractivity contribution in [2.45, 2.75) is 32.9 Å². The first-order valence-corrected chi connectivity index (χ1v) is 14.5. The molecule has 0 unspecified atom stereocenters. The summed E-state index contributed by atoms with van der Waals surface area (Å²) in [6, 6.07) is 22.4. The molecule has 3 aromatic carbocycles. The van der Waals surface area contributed by atoms with Crippen molar-refractivity contribution in [1.82, 2.24) is 15.1 Å². The largest absolute Gasteiger partial charge is 0.354 e. The zero-order valence-electron chi connectivity index (χ0n) is 23.1. The number of thioether (sulfide) groups is 1. The van der Waals surface area contributed by atoms with Crippen LogP contribution in [0.2, 0.25) is 0 Å². The number of hydrogen-bond donors (Lipinski definition) is 1. The number of nitrogens with one attached hydrogen (secondary N) is 1. The van der Waals surface area contributed by atoms with Crippen molar-refractivity contribution in [3.8, 4) is 16.9 Å². The highest BCUT2D eigenvalue weighted by Crippen LogP contribution is 2.49. The first-order valence-electron chi connectivity index (χ1n) is 13.4. The highest BCUT2D eigenvalue weighted by atomic mass is 32.2. The molecule has 0 bridgehead atoms. The van der Waals surface area contributed by atoms with E-state index in [0.717, 1.165) is 22.4 Å². The number of anilines is 1. The van der Waals surface area contributed by atoms with E-state index in [-0.39, 0.29) is 35.8 Å². The van der Waals surface area contributed by atoms with E-state index in [0.29, 0.717) is 29.2 Å². The molecule has 0 saturated carbocycles.